The molecule has 92 valence electrons. The topological polar surface area (TPSA) is 50.8 Å². The van der Waals surface area contributed by atoms with Gasteiger partial charge in [-0.1, -0.05) is 0 Å². The van der Waals surface area contributed by atoms with Crippen molar-refractivity contribution < 1.29 is 14.3 Å². The lowest BCUT2D eigenvalue weighted by atomic mass is 10.1. The lowest BCUT2D eigenvalue weighted by molar-refractivity contribution is -0.141. The molecule has 0 bridgehead atoms. The van der Waals surface area contributed by atoms with Gasteiger partial charge in [0.15, 0.2) is 0 Å². The summed E-state index contributed by atoms with van der Waals surface area (Å²) >= 11 is 0. The van der Waals surface area contributed by atoms with Crippen LogP contribution in [0.3, 0.4) is 0 Å². The lowest BCUT2D eigenvalue weighted by Crippen LogP contribution is -2.52. The van der Waals surface area contributed by atoms with Gasteiger partial charge in [-0.3, -0.25) is 4.79 Å². The Labute approximate surface area is 96.1 Å². The molecule has 0 aromatic carbocycles. The van der Waals surface area contributed by atoms with Crippen LogP contribution in [-0.2, 0) is 14.3 Å². The number of methoxy groups -OCH3 is 1. The van der Waals surface area contributed by atoms with E-state index in [-0.39, 0.29) is 24.1 Å². The normalized spacial score (nSPS) is 35.4. The van der Waals surface area contributed by atoms with Crippen LogP contribution in [0.15, 0.2) is 0 Å². The van der Waals surface area contributed by atoms with Gasteiger partial charge in [-0.05, 0) is 13.3 Å². The van der Waals surface area contributed by atoms with Crippen molar-refractivity contribution in [1.82, 2.24) is 10.2 Å². The molecule has 16 heavy (non-hydrogen) atoms. The van der Waals surface area contributed by atoms with Crippen LogP contribution in [0.2, 0.25) is 0 Å². The zero-order valence-electron chi connectivity index (χ0n) is 9.94. The van der Waals surface area contributed by atoms with Crippen molar-refractivity contribution in [2.45, 2.75) is 31.5 Å². The highest BCUT2D eigenvalue weighted by molar-refractivity contribution is 5.82. The Morgan fingerprint density at radius 3 is 3.00 bits per heavy atom. The van der Waals surface area contributed by atoms with Gasteiger partial charge in [0, 0.05) is 20.2 Å². The summed E-state index contributed by atoms with van der Waals surface area (Å²) in [6.45, 7) is 4.80. The van der Waals surface area contributed by atoms with Crippen molar-refractivity contribution in [2.75, 3.05) is 33.4 Å². The Morgan fingerprint density at radius 2 is 2.38 bits per heavy atom. The predicted octanol–water partition coefficient (Wildman–Crippen LogP) is -0.389. The van der Waals surface area contributed by atoms with Crippen LogP contribution in [0.25, 0.3) is 0 Å². The quantitative estimate of drug-likeness (QED) is 0.699. The highest BCUT2D eigenvalue weighted by Gasteiger charge is 2.34. The smallest absolute Gasteiger partial charge is 0.240 e. The number of hydrogen-bond donors (Lipinski definition) is 1. The number of ether oxygens (including phenoxy) is 2. The summed E-state index contributed by atoms with van der Waals surface area (Å²) in [7, 11) is 1.69. The third kappa shape index (κ3) is 2.36. The molecule has 3 atom stereocenters. The standard InChI is InChI=1S/C11H20N2O3/c1-8-7-16-4-3-13(8)11(14)10-5-9(15-2)6-12-10/h8-10,12H,3-7H2,1-2H3/t8-,9?,10?/m1/s1. The second-order valence-corrected chi connectivity index (χ2v) is 4.51. The molecule has 5 heteroatoms. The minimum Gasteiger partial charge on any atom is -0.380 e. The van der Waals surface area contributed by atoms with Crippen molar-refractivity contribution in [3.8, 4) is 0 Å². The van der Waals surface area contributed by atoms with E-state index in [1.807, 2.05) is 11.8 Å². The molecular weight excluding hydrogens is 208 g/mol. The van der Waals surface area contributed by atoms with E-state index >= 15 is 0 Å². The minimum absolute atomic E-state index is 0.0782. The van der Waals surface area contributed by atoms with Crippen molar-refractivity contribution in [3.05, 3.63) is 0 Å². The first-order valence-electron chi connectivity index (χ1n) is 5.86. The van der Waals surface area contributed by atoms with E-state index in [4.69, 9.17) is 9.47 Å². The van der Waals surface area contributed by atoms with Gasteiger partial charge in [-0.15, -0.1) is 0 Å². The molecule has 0 saturated carbocycles. The number of rotatable bonds is 2. The van der Waals surface area contributed by atoms with E-state index in [0.717, 1.165) is 13.0 Å². The zero-order valence-corrected chi connectivity index (χ0v) is 9.94. The summed E-state index contributed by atoms with van der Waals surface area (Å²) in [5.74, 6) is 0.190. The summed E-state index contributed by atoms with van der Waals surface area (Å²) in [6.07, 6.45) is 0.949. The summed E-state index contributed by atoms with van der Waals surface area (Å²) in [5.41, 5.74) is 0. The number of hydrogen-bond acceptors (Lipinski definition) is 4. The van der Waals surface area contributed by atoms with Crippen LogP contribution < -0.4 is 5.32 Å². The van der Waals surface area contributed by atoms with Crippen molar-refractivity contribution in [2.24, 2.45) is 0 Å². The number of carbonyl (C=O) groups excluding carboxylic acids is 1. The Kier molecular flexibility index (Phi) is 3.78. The Morgan fingerprint density at radius 1 is 1.56 bits per heavy atom. The van der Waals surface area contributed by atoms with Gasteiger partial charge in [-0.25, -0.2) is 0 Å². The van der Waals surface area contributed by atoms with Gasteiger partial charge >= 0.3 is 0 Å². The monoisotopic (exact) mass is 228 g/mol. The molecule has 2 fully saturated rings. The molecule has 1 N–H and O–H groups in total. The summed E-state index contributed by atoms with van der Waals surface area (Å²) < 4.78 is 10.6. The fraction of sp³-hybridized carbons (Fsp3) is 0.909. The number of nitrogens with one attached hydrogen (secondary N) is 1. The fourth-order valence-corrected chi connectivity index (χ4v) is 2.33. The van der Waals surface area contributed by atoms with Gasteiger partial charge < -0.3 is 19.7 Å². The van der Waals surface area contributed by atoms with Crippen molar-refractivity contribution in [1.29, 1.82) is 0 Å². The zero-order chi connectivity index (χ0) is 11.5. The maximum absolute atomic E-state index is 12.2. The lowest BCUT2D eigenvalue weighted by Gasteiger charge is -2.35. The van der Waals surface area contributed by atoms with E-state index in [1.165, 1.54) is 0 Å². The Bertz CT molecular complexity index is 260. The molecule has 0 aromatic rings. The van der Waals surface area contributed by atoms with Gasteiger partial charge in [0.05, 0.1) is 31.4 Å². The molecule has 2 rings (SSSR count). The highest BCUT2D eigenvalue weighted by atomic mass is 16.5. The maximum Gasteiger partial charge on any atom is 0.240 e. The number of nitrogens with zero attached hydrogens (tertiary/aromatic N) is 1. The molecule has 0 aromatic heterocycles. The molecule has 0 aliphatic carbocycles. The average Bonchev–Trinajstić information content (AvgIpc) is 2.77. The van der Waals surface area contributed by atoms with Gasteiger partial charge in [-0.2, -0.15) is 0 Å². The molecule has 2 unspecified atom stereocenters. The Hall–Kier alpha value is -0.650. The van der Waals surface area contributed by atoms with Crippen LogP contribution in [0.4, 0.5) is 0 Å². The largest absolute Gasteiger partial charge is 0.380 e. The average molecular weight is 228 g/mol. The second-order valence-electron chi connectivity index (χ2n) is 4.51. The van der Waals surface area contributed by atoms with E-state index in [9.17, 15) is 4.79 Å². The molecule has 2 saturated heterocycles. The molecule has 0 radical (unpaired) electrons. The van der Waals surface area contributed by atoms with E-state index in [2.05, 4.69) is 5.32 Å². The number of morpholine rings is 1. The highest BCUT2D eigenvalue weighted by Crippen LogP contribution is 2.15. The molecule has 2 heterocycles. The first kappa shape index (κ1) is 11.8. The summed E-state index contributed by atoms with van der Waals surface area (Å²) in [6, 6.07) is 0.107. The van der Waals surface area contributed by atoms with Crippen LogP contribution in [0, 0.1) is 0 Å². The van der Waals surface area contributed by atoms with E-state index < -0.39 is 0 Å². The van der Waals surface area contributed by atoms with Crippen LogP contribution in [0.5, 0.6) is 0 Å². The molecule has 5 nitrogen and oxygen atoms in total. The molecule has 1 amide bonds. The van der Waals surface area contributed by atoms with Gasteiger partial charge in [0.1, 0.15) is 0 Å². The third-order valence-electron chi connectivity index (χ3n) is 3.37. The number of carbonyl (C=O) groups is 1. The van der Waals surface area contributed by atoms with Crippen LogP contribution in [0.1, 0.15) is 13.3 Å². The van der Waals surface area contributed by atoms with E-state index in [0.29, 0.717) is 19.8 Å². The first-order chi connectivity index (χ1) is 7.72. The third-order valence-corrected chi connectivity index (χ3v) is 3.37. The summed E-state index contributed by atoms with van der Waals surface area (Å²) in [4.78, 5) is 14.1. The minimum atomic E-state index is -0.0782. The molecule has 2 aliphatic heterocycles. The maximum atomic E-state index is 12.2. The predicted molar refractivity (Wildman–Crippen MR) is 59.2 cm³/mol. The summed E-state index contributed by atoms with van der Waals surface area (Å²) in [5, 5.41) is 3.22. The molecule has 2 aliphatic rings. The van der Waals surface area contributed by atoms with Crippen molar-refractivity contribution >= 4 is 5.91 Å². The van der Waals surface area contributed by atoms with Crippen LogP contribution in [-0.4, -0.2) is 62.4 Å². The van der Waals surface area contributed by atoms with E-state index in [1.54, 1.807) is 7.11 Å². The van der Waals surface area contributed by atoms with Gasteiger partial charge in [0.25, 0.3) is 0 Å². The molecule has 0 spiro atoms. The van der Waals surface area contributed by atoms with Crippen LogP contribution >= 0.6 is 0 Å². The SMILES string of the molecule is COC1CNC(C(=O)N2CCOC[C@H]2C)C1. The number of amides is 1. The first-order valence-corrected chi connectivity index (χ1v) is 5.86. The Balaban J connectivity index is 1.91. The molecular formula is C11H20N2O3. The fourth-order valence-electron chi connectivity index (χ4n) is 2.33. The van der Waals surface area contributed by atoms with Crippen molar-refractivity contribution in [3.63, 3.8) is 0 Å². The second kappa shape index (κ2) is 5.12. The van der Waals surface area contributed by atoms with Gasteiger partial charge in [0.2, 0.25) is 5.91 Å².